The van der Waals surface area contributed by atoms with Gasteiger partial charge in [-0.15, -0.1) is 0 Å². The number of rotatable bonds is 10. The predicted molar refractivity (Wildman–Crippen MR) is 92.4 cm³/mol. The molecule has 0 bridgehead atoms. The third-order valence-electron chi connectivity index (χ3n) is 3.53. The van der Waals surface area contributed by atoms with Gasteiger partial charge in [-0.05, 0) is 25.2 Å². The predicted octanol–water partition coefficient (Wildman–Crippen LogP) is -0.794. The van der Waals surface area contributed by atoms with Crippen LogP contribution in [0.25, 0.3) is 0 Å². The van der Waals surface area contributed by atoms with E-state index >= 15 is 0 Å². The Morgan fingerprint density at radius 2 is 1.52 bits per heavy atom. The molecule has 0 aromatic rings. The Balaban J connectivity index is 4.70. The second-order valence-corrected chi connectivity index (χ2v) is 6.81. The molecule has 0 aliphatic heterocycles. The van der Waals surface area contributed by atoms with Crippen LogP contribution in [0.1, 0.15) is 41.0 Å². The number of carbonyl (C=O) groups excluding carboxylic acids is 3. The van der Waals surface area contributed by atoms with Gasteiger partial charge in [-0.25, -0.2) is 0 Å². The van der Waals surface area contributed by atoms with Crippen molar-refractivity contribution in [1.29, 1.82) is 0 Å². The van der Waals surface area contributed by atoms with Crippen LogP contribution in [0, 0.1) is 11.8 Å². The molecule has 0 aromatic carbocycles. The van der Waals surface area contributed by atoms with Gasteiger partial charge >= 0.3 is 5.97 Å². The van der Waals surface area contributed by atoms with Crippen LogP contribution in [0.5, 0.6) is 0 Å². The zero-order chi connectivity index (χ0) is 19.7. The molecule has 0 aromatic heterocycles. The zero-order valence-corrected chi connectivity index (χ0v) is 15.5. The third-order valence-corrected chi connectivity index (χ3v) is 3.53. The molecule has 0 heterocycles. The van der Waals surface area contributed by atoms with Crippen molar-refractivity contribution < 1.29 is 24.3 Å². The molecule has 0 aliphatic carbocycles. The number of carboxylic acid groups (broad SMARTS) is 1. The maximum atomic E-state index is 12.2. The summed E-state index contributed by atoms with van der Waals surface area (Å²) in [6.07, 6.45) is 0.337. The Morgan fingerprint density at radius 3 is 1.96 bits per heavy atom. The summed E-state index contributed by atoms with van der Waals surface area (Å²) >= 11 is 0. The molecule has 0 rings (SSSR count). The molecule has 3 unspecified atom stereocenters. The highest BCUT2D eigenvalue weighted by molar-refractivity contribution is 5.92. The topological polar surface area (TPSA) is 151 Å². The minimum Gasteiger partial charge on any atom is -0.480 e. The Kier molecular flexibility index (Phi) is 9.73. The van der Waals surface area contributed by atoms with Crippen molar-refractivity contribution in [3.8, 4) is 0 Å². The fourth-order valence-electron chi connectivity index (χ4n) is 1.91. The Morgan fingerprint density at radius 1 is 0.960 bits per heavy atom. The number of carbonyl (C=O) groups is 4. The van der Waals surface area contributed by atoms with E-state index in [0.717, 1.165) is 0 Å². The third kappa shape index (κ3) is 9.04. The van der Waals surface area contributed by atoms with Crippen molar-refractivity contribution in [2.75, 3.05) is 6.54 Å². The molecule has 3 atom stereocenters. The molecular formula is C16H30N4O5. The van der Waals surface area contributed by atoms with Gasteiger partial charge in [0, 0.05) is 0 Å². The van der Waals surface area contributed by atoms with Crippen molar-refractivity contribution in [2.45, 2.75) is 59.2 Å². The van der Waals surface area contributed by atoms with Crippen LogP contribution >= 0.6 is 0 Å². The van der Waals surface area contributed by atoms with Gasteiger partial charge in [-0.1, -0.05) is 27.7 Å². The molecule has 144 valence electrons. The highest BCUT2D eigenvalue weighted by Crippen LogP contribution is 2.05. The van der Waals surface area contributed by atoms with E-state index in [4.69, 9.17) is 10.8 Å². The molecule has 6 N–H and O–H groups in total. The van der Waals surface area contributed by atoms with Gasteiger partial charge in [-0.3, -0.25) is 19.2 Å². The molecule has 0 spiro atoms. The van der Waals surface area contributed by atoms with Gasteiger partial charge < -0.3 is 26.8 Å². The van der Waals surface area contributed by atoms with Gasteiger partial charge in [0.2, 0.25) is 17.7 Å². The molecule has 0 radical (unpaired) electrons. The summed E-state index contributed by atoms with van der Waals surface area (Å²) in [5.74, 6) is -2.72. The molecule has 0 fully saturated rings. The summed E-state index contributed by atoms with van der Waals surface area (Å²) in [7, 11) is 0. The molecule has 9 heteroatoms. The lowest BCUT2D eigenvalue weighted by atomic mass is 10.0. The van der Waals surface area contributed by atoms with Crippen molar-refractivity contribution in [3.63, 3.8) is 0 Å². The maximum Gasteiger partial charge on any atom is 0.325 e. The normalized spacial score (nSPS) is 14.6. The molecule has 0 saturated carbocycles. The van der Waals surface area contributed by atoms with Gasteiger partial charge in [0.25, 0.3) is 0 Å². The second-order valence-electron chi connectivity index (χ2n) is 6.81. The lowest BCUT2D eigenvalue weighted by Crippen LogP contribution is -2.53. The van der Waals surface area contributed by atoms with Crippen molar-refractivity contribution >= 4 is 23.7 Å². The van der Waals surface area contributed by atoms with Crippen LogP contribution in [-0.2, 0) is 19.2 Å². The number of nitrogens with two attached hydrogens (primary N) is 1. The first-order valence-corrected chi connectivity index (χ1v) is 8.31. The number of carboxylic acids is 1. The summed E-state index contributed by atoms with van der Waals surface area (Å²) in [6, 6.07) is -2.67. The second kappa shape index (κ2) is 10.7. The highest BCUT2D eigenvalue weighted by atomic mass is 16.4. The zero-order valence-electron chi connectivity index (χ0n) is 15.5. The van der Waals surface area contributed by atoms with Crippen molar-refractivity contribution in [2.24, 2.45) is 17.6 Å². The van der Waals surface area contributed by atoms with Crippen LogP contribution in [0.15, 0.2) is 0 Å². The first kappa shape index (κ1) is 22.8. The van der Waals surface area contributed by atoms with Gasteiger partial charge in [0.15, 0.2) is 0 Å². The molecular weight excluding hydrogens is 328 g/mol. The van der Waals surface area contributed by atoms with Crippen LogP contribution < -0.4 is 21.7 Å². The van der Waals surface area contributed by atoms with E-state index in [1.165, 1.54) is 6.92 Å². The number of nitrogens with one attached hydrogen (secondary N) is 3. The standard InChI is InChI=1S/C16H30N4O5/c1-8(2)6-11(14(22)19-10(5)16(24)25)20-12(21)7-18-15(23)13(17)9(3)4/h8-11,13H,6-7,17H2,1-5H3,(H,18,23)(H,19,22)(H,20,21)(H,24,25). The van der Waals surface area contributed by atoms with E-state index in [2.05, 4.69) is 16.0 Å². The average molecular weight is 358 g/mol. The monoisotopic (exact) mass is 358 g/mol. The average Bonchev–Trinajstić information content (AvgIpc) is 2.50. The van der Waals surface area contributed by atoms with Gasteiger partial charge in [0.1, 0.15) is 12.1 Å². The minimum atomic E-state index is -1.17. The Bertz CT molecular complexity index is 493. The van der Waals surface area contributed by atoms with E-state index < -0.39 is 41.8 Å². The van der Waals surface area contributed by atoms with Gasteiger partial charge in [0.05, 0.1) is 12.6 Å². The first-order chi connectivity index (χ1) is 11.5. The number of aliphatic carboxylic acids is 1. The number of hydrogen-bond donors (Lipinski definition) is 5. The molecule has 9 nitrogen and oxygen atoms in total. The lowest BCUT2D eigenvalue weighted by molar-refractivity contribution is -0.141. The molecule has 3 amide bonds. The summed E-state index contributed by atoms with van der Waals surface area (Å²) in [5.41, 5.74) is 5.68. The van der Waals surface area contributed by atoms with Crippen LogP contribution in [0.4, 0.5) is 0 Å². The van der Waals surface area contributed by atoms with Gasteiger partial charge in [-0.2, -0.15) is 0 Å². The molecule has 0 aliphatic rings. The fourth-order valence-corrected chi connectivity index (χ4v) is 1.91. The number of amides is 3. The van der Waals surface area contributed by atoms with E-state index in [1.807, 2.05) is 13.8 Å². The quantitative estimate of drug-likeness (QED) is 0.345. The smallest absolute Gasteiger partial charge is 0.325 e. The van der Waals surface area contributed by atoms with E-state index in [1.54, 1.807) is 13.8 Å². The fraction of sp³-hybridized carbons (Fsp3) is 0.750. The summed E-state index contributed by atoms with van der Waals surface area (Å²) in [6.45, 7) is 8.35. The summed E-state index contributed by atoms with van der Waals surface area (Å²) in [4.78, 5) is 46.7. The van der Waals surface area contributed by atoms with Crippen molar-refractivity contribution in [3.05, 3.63) is 0 Å². The van der Waals surface area contributed by atoms with E-state index in [-0.39, 0.29) is 18.4 Å². The first-order valence-electron chi connectivity index (χ1n) is 8.31. The van der Waals surface area contributed by atoms with Crippen LogP contribution in [0.2, 0.25) is 0 Å². The lowest BCUT2D eigenvalue weighted by Gasteiger charge is -2.22. The largest absolute Gasteiger partial charge is 0.480 e. The van der Waals surface area contributed by atoms with E-state index in [9.17, 15) is 19.2 Å². The maximum absolute atomic E-state index is 12.2. The molecule has 0 saturated heterocycles. The van der Waals surface area contributed by atoms with Crippen LogP contribution in [0.3, 0.4) is 0 Å². The molecule has 25 heavy (non-hydrogen) atoms. The minimum absolute atomic E-state index is 0.0694. The summed E-state index contributed by atoms with van der Waals surface area (Å²) < 4.78 is 0. The van der Waals surface area contributed by atoms with Crippen LogP contribution in [-0.4, -0.2) is 53.5 Å². The SMILES string of the molecule is CC(C)CC(NC(=O)CNC(=O)C(N)C(C)C)C(=O)NC(C)C(=O)O. The number of hydrogen-bond acceptors (Lipinski definition) is 5. The summed E-state index contributed by atoms with van der Waals surface area (Å²) in [5, 5.41) is 16.1. The Labute approximate surface area is 148 Å². The Hall–Kier alpha value is -2.16. The highest BCUT2D eigenvalue weighted by Gasteiger charge is 2.25. The van der Waals surface area contributed by atoms with Crippen molar-refractivity contribution in [1.82, 2.24) is 16.0 Å². The van der Waals surface area contributed by atoms with E-state index in [0.29, 0.717) is 6.42 Å².